The number of benzene rings is 2. The summed E-state index contributed by atoms with van der Waals surface area (Å²) in [5.74, 6) is 0. The van der Waals surface area contributed by atoms with Crippen molar-refractivity contribution in [3.05, 3.63) is 68.8 Å². The molecule has 3 rings (SSSR count). The summed E-state index contributed by atoms with van der Waals surface area (Å²) >= 11 is 3.31. The number of hydrogen-bond donors (Lipinski definition) is 0. The molecule has 0 saturated carbocycles. The summed E-state index contributed by atoms with van der Waals surface area (Å²) in [5, 5.41) is 15.9. The van der Waals surface area contributed by atoms with Gasteiger partial charge >= 0.3 is 0 Å². The molecule has 0 aliphatic heterocycles. The van der Waals surface area contributed by atoms with Crippen molar-refractivity contribution in [2.75, 3.05) is 0 Å². The molecule has 0 aliphatic rings. The van der Waals surface area contributed by atoms with E-state index in [-0.39, 0.29) is 10.6 Å². The molecule has 0 aliphatic carbocycles. The van der Waals surface area contributed by atoms with E-state index in [0.717, 1.165) is 11.1 Å². The smallest absolute Gasteiger partial charge is 0.260 e. The van der Waals surface area contributed by atoms with Crippen molar-refractivity contribution < 1.29 is 4.92 Å². The van der Waals surface area contributed by atoms with Crippen LogP contribution in [0.3, 0.4) is 0 Å². The molecular weight excluding hydrogens is 322 g/mol. The monoisotopic (exact) mass is 331 g/mol. The standard InChI is InChI=1S/C14H10BrN3O2/c15-11-6-13-12(14(7-11)18(19)20)8-16-17(13)9-10-4-2-1-3-5-10/h1-8H,9H2. The molecule has 2 aromatic carbocycles. The van der Waals surface area contributed by atoms with Crippen LogP contribution < -0.4 is 0 Å². The van der Waals surface area contributed by atoms with Gasteiger partial charge < -0.3 is 0 Å². The normalized spacial score (nSPS) is 10.8. The topological polar surface area (TPSA) is 61.0 Å². The molecule has 0 fully saturated rings. The Balaban J connectivity index is 2.12. The molecule has 3 aromatic rings. The third-order valence-electron chi connectivity index (χ3n) is 3.08. The minimum absolute atomic E-state index is 0.0636. The lowest BCUT2D eigenvalue weighted by atomic mass is 10.2. The largest absolute Gasteiger partial charge is 0.281 e. The number of nitro benzene ring substituents is 1. The van der Waals surface area contributed by atoms with E-state index in [9.17, 15) is 10.1 Å². The second-order valence-corrected chi connectivity index (χ2v) is 5.32. The minimum Gasteiger partial charge on any atom is -0.260 e. The Morgan fingerprint density at radius 2 is 2.00 bits per heavy atom. The van der Waals surface area contributed by atoms with Gasteiger partial charge in [0, 0.05) is 10.5 Å². The lowest BCUT2D eigenvalue weighted by Gasteiger charge is -2.04. The van der Waals surface area contributed by atoms with E-state index < -0.39 is 0 Å². The fourth-order valence-corrected chi connectivity index (χ4v) is 2.59. The first-order valence-electron chi connectivity index (χ1n) is 5.98. The van der Waals surface area contributed by atoms with E-state index in [1.165, 1.54) is 6.07 Å². The van der Waals surface area contributed by atoms with Crippen LogP contribution in [0.4, 0.5) is 5.69 Å². The van der Waals surface area contributed by atoms with E-state index in [0.29, 0.717) is 16.4 Å². The highest BCUT2D eigenvalue weighted by atomic mass is 79.9. The van der Waals surface area contributed by atoms with E-state index in [4.69, 9.17) is 0 Å². The van der Waals surface area contributed by atoms with Gasteiger partial charge in [0.05, 0.1) is 28.6 Å². The number of hydrogen-bond acceptors (Lipinski definition) is 3. The molecule has 0 radical (unpaired) electrons. The summed E-state index contributed by atoms with van der Waals surface area (Å²) in [6, 6.07) is 13.2. The summed E-state index contributed by atoms with van der Waals surface area (Å²) in [7, 11) is 0. The number of halogens is 1. The van der Waals surface area contributed by atoms with Gasteiger partial charge in [-0.05, 0) is 11.6 Å². The fraction of sp³-hybridized carbons (Fsp3) is 0.0714. The van der Waals surface area contributed by atoms with E-state index >= 15 is 0 Å². The number of nitro groups is 1. The van der Waals surface area contributed by atoms with Gasteiger partial charge in [-0.3, -0.25) is 14.8 Å². The lowest BCUT2D eigenvalue weighted by Crippen LogP contribution is -2.01. The van der Waals surface area contributed by atoms with Crippen molar-refractivity contribution in [3.63, 3.8) is 0 Å². The van der Waals surface area contributed by atoms with E-state index in [2.05, 4.69) is 21.0 Å². The van der Waals surface area contributed by atoms with Crippen molar-refractivity contribution in [2.24, 2.45) is 0 Å². The third kappa shape index (κ3) is 2.30. The first-order valence-corrected chi connectivity index (χ1v) is 6.78. The van der Waals surface area contributed by atoms with Gasteiger partial charge in [0.1, 0.15) is 0 Å². The number of fused-ring (bicyclic) bond motifs is 1. The van der Waals surface area contributed by atoms with Gasteiger partial charge in [0.25, 0.3) is 5.69 Å². The van der Waals surface area contributed by atoms with Crippen molar-refractivity contribution in [2.45, 2.75) is 6.54 Å². The Hall–Kier alpha value is -2.21. The van der Waals surface area contributed by atoms with Crippen LogP contribution in [-0.2, 0) is 6.54 Å². The highest BCUT2D eigenvalue weighted by Crippen LogP contribution is 2.30. The Morgan fingerprint density at radius 1 is 1.25 bits per heavy atom. The lowest BCUT2D eigenvalue weighted by molar-refractivity contribution is -0.383. The molecule has 20 heavy (non-hydrogen) atoms. The van der Waals surface area contributed by atoms with Crippen molar-refractivity contribution in [3.8, 4) is 0 Å². The average Bonchev–Trinajstić information content (AvgIpc) is 2.82. The van der Waals surface area contributed by atoms with Crippen LogP contribution in [0.5, 0.6) is 0 Å². The maximum Gasteiger partial charge on any atom is 0.281 e. The highest BCUT2D eigenvalue weighted by Gasteiger charge is 2.16. The molecule has 0 N–H and O–H groups in total. The summed E-state index contributed by atoms with van der Waals surface area (Å²) < 4.78 is 2.44. The Bertz CT molecular complexity index is 784. The van der Waals surface area contributed by atoms with Crippen LogP contribution in [-0.4, -0.2) is 14.7 Å². The van der Waals surface area contributed by atoms with Gasteiger partial charge in [0.15, 0.2) is 0 Å². The molecule has 100 valence electrons. The maximum atomic E-state index is 11.1. The van der Waals surface area contributed by atoms with Crippen molar-refractivity contribution in [1.82, 2.24) is 9.78 Å². The summed E-state index contributed by atoms with van der Waals surface area (Å²) in [6.45, 7) is 0.581. The molecule has 0 atom stereocenters. The zero-order chi connectivity index (χ0) is 14.1. The molecule has 1 heterocycles. The quantitative estimate of drug-likeness (QED) is 0.542. The SMILES string of the molecule is O=[N+]([O-])c1cc(Br)cc2c1cnn2Cc1ccccc1. The number of nitrogens with zero attached hydrogens (tertiary/aromatic N) is 3. The second-order valence-electron chi connectivity index (χ2n) is 4.40. The van der Waals surface area contributed by atoms with Gasteiger partial charge in [-0.15, -0.1) is 0 Å². The molecule has 0 unspecified atom stereocenters. The highest BCUT2D eigenvalue weighted by molar-refractivity contribution is 9.10. The maximum absolute atomic E-state index is 11.1. The minimum atomic E-state index is -0.387. The average molecular weight is 332 g/mol. The zero-order valence-electron chi connectivity index (χ0n) is 10.4. The molecule has 6 heteroatoms. The molecule has 0 saturated heterocycles. The molecule has 0 amide bonds. The van der Waals surface area contributed by atoms with Gasteiger partial charge in [-0.25, -0.2) is 0 Å². The van der Waals surface area contributed by atoms with Crippen molar-refractivity contribution in [1.29, 1.82) is 0 Å². The first-order chi connectivity index (χ1) is 9.65. The van der Waals surface area contributed by atoms with E-state index in [1.807, 2.05) is 36.4 Å². The summed E-state index contributed by atoms with van der Waals surface area (Å²) in [5.41, 5.74) is 1.91. The summed E-state index contributed by atoms with van der Waals surface area (Å²) in [6.07, 6.45) is 1.54. The Kier molecular flexibility index (Phi) is 3.23. The van der Waals surface area contributed by atoms with Gasteiger partial charge in [-0.1, -0.05) is 46.3 Å². The molecule has 0 bridgehead atoms. The van der Waals surface area contributed by atoms with Crippen molar-refractivity contribution >= 4 is 32.5 Å². The first kappa shape index (κ1) is 12.8. The molecule has 1 aromatic heterocycles. The van der Waals surface area contributed by atoms with Crippen LogP contribution >= 0.6 is 15.9 Å². The van der Waals surface area contributed by atoms with Crippen LogP contribution in [0.15, 0.2) is 53.1 Å². The Labute approximate surface area is 123 Å². The Morgan fingerprint density at radius 3 is 2.70 bits per heavy atom. The number of rotatable bonds is 3. The van der Waals surface area contributed by atoms with Gasteiger partial charge in [-0.2, -0.15) is 5.10 Å². The summed E-state index contributed by atoms with van der Waals surface area (Å²) in [4.78, 5) is 10.7. The van der Waals surface area contributed by atoms with Crippen LogP contribution in [0.25, 0.3) is 10.9 Å². The van der Waals surface area contributed by atoms with Crippen LogP contribution in [0, 0.1) is 10.1 Å². The van der Waals surface area contributed by atoms with Crippen LogP contribution in [0.1, 0.15) is 5.56 Å². The molecule has 0 spiro atoms. The third-order valence-corrected chi connectivity index (χ3v) is 3.54. The second kappa shape index (κ2) is 5.05. The van der Waals surface area contributed by atoms with Crippen LogP contribution in [0.2, 0.25) is 0 Å². The predicted octanol–water partition coefficient (Wildman–Crippen LogP) is 3.76. The number of non-ortho nitro benzene ring substituents is 1. The van der Waals surface area contributed by atoms with E-state index in [1.54, 1.807) is 10.9 Å². The molecular formula is C14H10BrN3O2. The number of aromatic nitrogens is 2. The molecule has 5 nitrogen and oxygen atoms in total. The zero-order valence-corrected chi connectivity index (χ0v) is 11.9. The van der Waals surface area contributed by atoms with Gasteiger partial charge in [0.2, 0.25) is 0 Å². The predicted molar refractivity (Wildman–Crippen MR) is 79.6 cm³/mol. The fourth-order valence-electron chi connectivity index (χ4n) is 2.16.